The van der Waals surface area contributed by atoms with Crippen molar-refractivity contribution in [3.8, 4) is 11.1 Å². The molecule has 0 fully saturated rings. The van der Waals surface area contributed by atoms with Gasteiger partial charge in [0.15, 0.2) is 0 Å². The molecule has 0 unspecified atom stereocenters. The third-order valence-electron chi connectivity index (χ3n) is 2.38. The van der Waals surface area contributed by atoms with Gasteiger partial charge in [-0.15, -0.1) is 0 Å². The van der Waals surface area contributed by atoms with E-state index in [1.54, 1.807) is 30.3 Å². The highest BCUT2D eigenvalue weighted by molar-refractivity contribution is 5.76. The molecule has 4 heteroatoms. The maximum Gasteiger partial charge on any atom is 0.280 e. The highest BCUT2D eigenvalue weighted by atomic mass is 19.3. The Hall–Kier alpha value is -2.10. The van der Waals surface area contributed by atoms with Gasteiger partial charge in [0.05, 0.1) is 0 Å². The van der Waals surface area contributed by atoms with Gasteiger partial charge in [-0.1, -0.05) is 24.3 Å². The monoisotopic (exact) mass is 233 g/mol. The van der Waals surface area contributed by atoms with Gasteiger partial charge < -0.3 is 0 Å². The Kier molecular flexibility index (Phi) is 3.23. The Labute approximate surface area is 96.9 Å². The van der Waals surface area contributed by atoms with Gasteiger partial charge in [-0.25, -0.2) is 8.78 Å². The van der Waals surface area contributed by atoms with Crippen molar-refractivity contribution in [2.45, 2.75) is 6.43 Å². The number of nitrogens with zero attached hydrogens (tertiary/aromatic N) is 1. The molecular weight excluding hydrogens is 224 g/mol. The molecule has 0 radical (unpaired) electrons. The van der Waals surface area contributed by atoms with Gasteiger partial charge in [0.1, 0.15) is 12.0 Å². The van der Waals surface area contributed by atoms with Crippen LogP contribution < -0.4 is 0 Å². The average molecular weight is 233 g/mol. The lowest BCUT2D eigenvalue weighted by molar-refractivity contribution is 0.112. The van der Waals surface area contributed by atoms with E-state index in [0.717, 1.165) is 11.8 Å². The van der Waals surface area contributed by atoms with E-state index in [9.17, 15) is 13.6 Å². The summed E-state index contributed by atoms with van der Waals surface area (Å²) >= 11 is 0. The largest absolute Gasteiger partial charge is 0.298 e. The zero-order valence-corrected chi connectivity index (χ0v) is 8.81. The third-order valence-corrected chi connectivity index (χ3v) is 2.38. The zero-order chi connectivity index (χ0) is 12.3. The molecule has 1 aromatic heterocycles. The first-order chi connectivity index (χ1) is 8.20. The van der Waals surface area contributed by atoms with Gasteiger partial charge in [0.25, 0.3) is 6.43 Å². The lowest BCUT2D eigenvalue weighted by Gasteiger charge is -2.04. The Balaban J connectivity index is 2.38. The second-order valence-electron chi connectivity index (χ2n) is 3.51. The number of halogens is 2. The van der Waals surface area contributed by atoms with Crippen LogP contribution in [0.2, 0.25) is 0 Å². The van der Waals surface area contributed by atoms with Gasteiger partial charge >= 0.3 is 0 Å². The number of benzene rings is 1. The first-order valence-electron chi connectivity index (χ1n) is 5.00. The van der Waals surface area contributed by atoms with Gasteiger partial charge in [-0.05, 0) is 23.3 Å². The molecule has 0 N–H and O–H groups in total. The number of hydrogen-bond donors (Lipinski definition) is 0. The molecule has 0 spiro atoms. The summed E-state index contributed by atoms with van der Waals surface area (Å²) in [6, 6.07) is 9.72. The molecule has 0 saturated carbocycles. The molecular formula is C13H9F2NO. The number of aromatic nitrogens is 1. The molecule has 2 rings (SSSR count). The van der Waals surface area contributed by atoms with Crippen LogP contribution in [0.1, 0.15) is 22.5 Å². The summed E-state index contributed by atoms with van der Waals surface area (Å²) in [6.45, 7) is 0. The quantitative estimate of drug-likeness (QED) is 0.759. The van der Waals surface area contributed by atoms with Crippen molar-refractivity contribution in [1.29, 1.82) is 0 Å². The summed E-state index contributed by atoms with van der Waals surface area (Å²) < 4.78 is 24.9. The highest BCUT2D eigenvalue weighted by Gasteiger charge is 2.09. The molecule has 0 bridgehead atoms. The summed E-state index contributed by atoms with van der Waals surface area (Å²) in [7, 11) is 0. The van der Waals surface area contributed by atoms with E-state index in [4.69, 9.17) is 0 Å². The molecule has 0 saturated heterocycles. The van der Waals surface area contributed by atoms with Crippen molar-refractivity contribution in [3.05, 3.63) is 53.9 Å². The summed E-state index contributed by atoms with van der Waals surface area (Å²) in [4.78, 5) is 14.1. The van der Waals surface area contributed by atoms with Gasteiger partial charge in [-0.3, -0.25) is 9.78 Å². The van der Waals surface area contributed by atoms with Gasteiger partial charge in [-0.2, -0.15) is 0 Å². The molecule has 2 aromatic rings. The van der Waals surface area contributed by atoms with E-state index in [-0.39, 0.29) is 5.69 Å². The van der Waals surface area contributed by atoms with E-state index in [0.29, 0.717) is 11.1 Å². The lowest BCUT2D eigenvalue weighted by Crippen LogP contribution is -1.90. The number of hydrogen-bond acceptors (Lipinski definition) is 2. The van der Waals surface area contributed by atoms with Crippen LogP contribution in [0.25, 0.3) is 11.1 Å². The fourth-order valence-electron chi connectivity index (χ4n) is 1.50. The second-order valence-corrected chi connectivity index (χ2v) is 3.51. The Morgan fingerprint density at radius 1 is 1.06 bits per heavy atom. The maximum absolute atomic E-state index is 12.5. The molecule has 0 aliphatic heterocycles. The summed E-state index contributed by atoms with van der Waals surface area (Å²) in [6.07, 6.45) is -0.491. The predicted octanol–water partition coefficient (Wildman–Crippen LogP) is 3.50. The second kappa shape index (κ2) is 4.82. The molecule has 0 amide bonds. The molecule has 0 atom stereocenters. The number of carbonyl (C=O) groups excluding carboxylic acids is 1. The lowest BCUT2D eigenvalue weighted by atomic mass is 10.0. The summed E-state index contributed by atoms with van der Waals surface area (Å²) in [5.41, 5.74) is 1.74. The van der Waals surface area contributed by atoms with Crippen LogP contribution in [-0.2, 0) is 0 Å². The molecule has 1 aromatic carbocycles. The molecule has 0 aliphatic carbocycles. The Morgan fingerprint density at radius 2 is 1.76 bits per heavy atom. The molecule has 86 valence electrons. The summed E-state index contributed by atoms with van der Waals surface area (Å²) in [5.74, 6) is 0. The van der Waals surface area contributed by atoms with E-state index in [1.165, 1.54) is 12.3 Å². The average Bonchev–Trinajstić information content (AvgIpc) is 2.39. The standard InChI is InChI=1S/C13H9F2NO/c14-13(15)12-7-11(5-6-16-12)10-3-1-9(8-17)2-4-10/h1-8,13H. The minimum Gasteiger partial charge on any atom is -0.298 e. The first-order valence-corrected chi connectivity index (χ1v) is 5.00. The van der Waals surface area contributed by atoms with Gasteiger partial charge in [0.2, 0.25) is 0 Å². The third kappa shape index (κ3) is 2.53. The number of rotatable bonds is 3. The van der Waals surface area contributed by atoms with E-state index >= 15 is 0 Å². The smallest absolute Gasteiger partial charge is 0.280 e. The fourth-order valence-corrected chi connectivity index (χ4v) is 1.50. The van der Waals surface area contributed by atoms with Crippen molar-refractivity contribution in [1.82, 2.24) is 4.98 Å². The summed E-state index contributed by atoms with van der Waals surface area (Å²) in [5, 5.41) is 0. The highest BCUT2D eigenvalue weighted by Crippen LogP contribution is 2.23. The van der Waals surface area contributed by atoms with E-state index < -0.39 is 6.43 Å². The van der Waals surface area contributed by atoms with Crippen LogP contribution in [0, 0.1) is 0 Å². The van der Waals surface area contributed by atoms with Crippen LogP contribution in [0.15, 0.2) is 42.6 Å². The van der Waals surface area contributed by atoms with Crippen LogP contribution in [0.3, 0.4) is 0 Å². The minimum absolute atomic E-state index is 0.248. The van der Waals surface area contributed by atoms with Crippen LogP contribution in [0.5, 0.6) is 0 Å². The van der Waals surface area contributed by atoms with E-state index in [2.05, 4.69) is 4.98 Å². The zero-order valence-electron chi connectivity index (χ0n) is 8.81. The van der Waals surface area contributed by atoms with Crippen LogP contribution in [0.4, 0.5) is 8.78 Å². The number of alkyl halides is 2. The SMILES string of the molecule is O=Cc1ccc(-c2ccnc(C(F)F)c2)cc1. The first kappa shape index (κ1) is 11.4. The molecule has 17 heavy (non-hydrogen) atoms. The number of carbonyl (C=O) groups is 1. The van der Waals surface area contributed by atoms with E-state index in [1.807, 2.05) is 0 Å². The van der Waals surface area contributed by atoms with Crippen molar-refractivity contribution in [2.75, 3.05) is 0 Å². The number of aldehydes is 1. The fraction of sp³-hybridized carbons (Fsp3) is 0.0769. The molecule has 1 heterocycles. The molecule has 0 aliphatic rings. The van der Waals surface area contributed by atoms with Crippen LogP contribution >= 0.6 is 0 Å². The Bertz CT molecular complexity index is 523. The van der Waals surface area contributed by atoms with Crippen LogP contribution in [-0.4, -0.2) is 11.3 Å². The van der Waals surface area contributed by atoms with Crippen molar-refractivity contribution in [2.24, 2.45) is 0 Å². The van der Waals surface area contributed by atoms with Gasteiger partial charge in [0, 0.05) is 11.8 Å². The Morgan fingerprint density at radius 3 is 2.35 bits per heavy atom. The topological polar surface area (TPSA) is 30.0 Å². The predicted molar refractivity (Wildman–Crippen MR) is 60.0 cm³/mol. The normalized spacial score (nSPS) is 10.5. The van der Waals surface area contributed by atoms with Crippen molar-refractivity contribution >= 4 is 6.29 Å². The van der Waals surface area contributed by atoms with Crippen molar-refractivity contribution in [3.63, 3.8) is 0 Å². The minimum atomic E-state index is -2.58. The maximum atomic E-state index is 12.5. The number of pyridine rings is 1. The molecule has 2 nitrogen and oxygen atoms in total. The van der Waals surface area contributed by atoms with Crippen molar-refractivity contribution < 1.29 is 13.6 Å².